The summed E-state index contributed by atoms with van der Waals surface area (Å²) in [5.74, 6) is 1.72. The van der Waals surface area contributed by atoms with Gasteiger partial charge in [-0.2, -0.15) is 0 Å². The van der Waals surface area contributed by atoms with E-state index in [1.165, 1.54) is 50.5 Å². The standard InChI is InChI=1S/C45H58N2O3/c1-2-3-4-5-6-7-8-9-19-26-45(48)47(42-29-31-46(32-30-42)34-38-20-13-10-14-21-38)35-41-27-28-43(49-36-39-22-15-11-16-23-39)44(33-41)50-37-40-24-17-12-18-25-40/h10-18,20-25,27-28,33,42H,2-9,19,26,29-32,34-37H2,1H3. The normalized spacial score (nSPS) is 13.6. The summed E-state index contributed by atoms with van der Waals surface area (Å²) in [6, 6.07) is 37.6. The highest BCUT2D eigenvalue weighted by Crippen LogP contribution is 2.32. The van der Waals surface area contributed by atoms with Gasteiger partial charge in [0.25, 0.3) is 0 Å². The number of unbranched alkanes of at least 4 members (excludes halogenated alkanes) is 8. The van der Waals surface area contributed by atoms with E-state index in [0.29, 0.717) is 31.9 Å². The van der Waals surface area contributed by atoms with Crippen molar-refractivity contribution in [3.63, 3.8) is 0 Å². The van der Waals surface area contributed by atoms with Crippen LogP contribution in [0.5, 0.6) is 11.5 Å². The molecule has 50 heavy (non-hydrogen) atoms. The maximum atomic E-state index is 14.0. The van der Waals surface area contributed by atoms with E-state index in [0.717, 1.165) is 67.8 Å². The van der Waals surface area contributed by atoms with Crippen molar-refractivity contribution >= 4 is 5.91 Å². The summed E-state index contributed by atoms with van der Waals surface area (Å²) in [5, 5.41) is 0. The van der Waals surface area contributed by atoms with Crippen molar-refractivity contribution in [1.82, 2.24) is 9.80 Å². The van der Waals surface area contributed by atoms with Crippen LogP contribution in [0, 0.1) is 0 Å². The molecule has 1 fully saturated rings. The molecule has 0 N–H and O–H groups in total. The minimum Gasteiger partial charge on any atom is -0.485 e. The lowest BCUT2D eigenvalue weighted by Crippen LogP contribution is -2.46. The first-order valence-corrected chi connectivity index (χ1v) is 19.2. The maximum absolute atomic E-state index is 14.0. The zero-order chi connectivity index (χ0) is 34.6. The van der Waals surface area contributed by atoms with Gasteiger partial charge in [-0.15, -0.1) is 0 Å². The molecule has 5 nitrogen and oxygen atoms in total. The number of carbonyl (C=O) groups is 1. The van der Waals surface area contributed by atoms with Gasteiger partial charge in [0.1, 0.15) is 13.2 Å². The Bertz CT molecular complexity index is 1500. The Hall–Kier alpha value is -4.09. The second-order valence-electron chi connectivity index (χ2n) is 13.9. The molecule has 0 atom stereocenters. The summed E-state index contributed by atoms with van der Waals surface area (Å²) >= 11 is 0. The van der Waals surface area contributed by atoms with Crippen molar-refractivity contribution in [3.8, 4) is 11.5 Å². The summed E-state index contributed by atoms with van der Waals surface area (Å²) in [6.07, 6.45) is 13.9. The molecule has 0 unspecified atom stereocenters. The van der Waals surface area contributed by atoms with Gasteiger partial charge in [-0.05, 0) is 53.6 Å². The van der Waals surface area contributed by atoms with Crippen LogP contribution in [0.1, 0.15) is 106 Å². The van der Waals surface area contributed by atoms with E-state index >= 15 is 0 Å². The monoisotopic (exact) mass is 674 g/mol. The summed E-state index contributed by atoms with van der Waals surface area (Å²) < 4.78 is 12.7. The van der Waals surface area contributed by atoms with Crippen LogP contribution in [0.2, 0.25) is 0 Å². The van der Waals surface area contributed by atoms with Crippen LogP contribution >= 0.6 is 0 Å². The fourth-order valence-electron chi connectivity index (χ4n) is 6.93. The lowest BCUT2D eigenvalue weighted by atomic mass is 10.00. The summed E-state index contributed by atoms with van der Waals surface area (Å²) in [4.78, 5) is 18.7. The maximum Gasteiger partial charge on any atom is 0.223 e. The van der Waals surface area contributed by atoms with Crippen LogP contribution < -0.4 is 9.47 Å². The van der Waals surface area contributed by atoms with Crippen molar-refractivity contribution in [2.45, 2.75) is 116 Å². The average Bonchev–Trinajstić information content (AvgIpc) is 3.16. The molecule has 4 aromatic rings. The Morgan fingerprint density at radius 2 is 1.14 bits per heavy atom. The molecule has 0 radical (unpaired) electrons. The van der Waals surface area contributed by atoms with E-state index in [4.69, 9.17) is 9.47 Å². The molecular formula is C45H58N2O3. The smallest absolute Gasteiger partial charge is 0.223 e. The fourth-order valence-corrected chi connectivity index (χ4v) is 6.93. The molecular weight excluding hydrogens is 617 g/mol. The van der Waals surface area contributed by atoms with Gasteiger partial charge in [-0.1, -0.05) is 155 Å². The highest BCUT2D eigenvalue weighted by atomic mass is 16.5. The van der Waals surface area contributed by atoms with Gasteiger partial charge in [0.05, 0.1) is 0 Å². The summed E-state index contributed by atoms with van der Waals surface area (Å²) in [6.45, 7) is 6.73. The Balaban J connectivity index is 1.25. The Morgan fingerprint density at radius 1 is 0.620 bits per heavy atom. The number of hydrogen-bond acceptors (Lipinski definition) is 4. The second-order valence-corrected chi connectivity index (χ2v) is 13.9. The minimum absolute atomic E-state index is 0.232. The Morgan fingerprint density at radius 3 is 1.72 bits per heavy atom. The third kappa shape index (κ3) is 12.7. The average molecular weight is 675 g/mol. The number of piperidine rings is 1. The van der Waals surface area contributed by atoms with E-state index in [1.807, 2.05) is 42.5 Å². The van der Waals surface area contributed by atoms with E-state index < -0.39 is 0 Å². The third-order valence-electron chi connectivity index (χ3n) is 9.90. The van der Waals surface area contributed by atoms with Crippen LogP contribution in [0.4, 0.5) is 0 Å². The van der Waals surface area contributed by atoms with E-state index in [9.17, 15) is 4.79 Å². The minimum atomic E-state index is 0.232. The van der Waals surface area contributed by atoms with Gasteiger partial charge in [0.2, 0.25) is 5.91 Å². The first kappa shape index (κ1) is 37.2. The van der Waals surface area contributed by atoms with Crippen molar-refractivity contribution < 1.29 is 14.3 Å². The molecule has 1 aliphatic heterocycles. The van der Waals surface area contributed by atoms with E-state index in [2.05, 4.69) is 83.5 Å². The van der Waals surface area contributed by atoms with Gasteiger partial charge in [-0.25, -0.2) is 0 Å². The topological polar surface area (TPSA) is 42.0 Å². The SMILES string of the molecule is CCCCCCCCCCCC(=O)N(Cc1ccc(OCc2ccccc2)c(OCc2ccccc2)c1)C1CCN(Cc2ccccc2)CC1. The molecule has 1 saturated heterocycles. The van der Waals surface area contributed by atoms with E-state index in [-0.39, 0.29) is 11.9 Å². The number of carbonyl (C=O) groups excluding carboxylic acids is 1. The lowest BCUT2D eigenvalue weighted by molar-refractivity contribution is -0.135. The van der Waals surface area contributed by atoms with Crippen LogP contribution in [0.15, 0.2) is 109 Å². The number of amides is 1. The molecule has 1 aliphatic rings. The van der Waals surface area contributed by atoms with Crippen molar-refractivity contribution in [2.24, 2.45) is 0 Å². The van der Waals surface area contributed by atoms with Gasteiger partial charge >= 0.3 is 0 Å². The zero-order valence-electron chi connectivity index (χ0n) is 30.3. The van der Waals surface area contributed by atoms with Gasteiger partial charge in [0.15, 0.2) is 11.5 Å². The second kappa shape index (κ2) is 21.2. The van der Waals surface area contributed by atoms with Gasteiger partial charge in [-0.3, -0.25) is 9.69 Å². The van der Waals surface area contributed by atoms with Gasteiger partial charge < -0.3 is 14.4 Å². The first-order valence-electron chi connectivity index (χ1n) is 19.2. The van der Waals surface area contributed by atoms with Gasteiger partial charge in [0, 0.05) is 38.6 Å². The Labute approximate surface area is 301 Å². The lowest BCUT2D eigenvalue weighted by Gasteiger charge is -2.39. The number of rotatable bonds is 21. The van der Waals surface area contributed by atoms with Crippen LogP contribution in [-0.2, 0) is 31.1 Å². The predicted octanol–water partition coefficient (Wildman–Crippen LogP) is 10.8. The quantitative estimate of drug-likeness (QED) is 0.0825. The first-order chi connectivity index (χ1) is 24.7. The highest BCUT2D eigenvalue weighted by molar-refractivity contribution is 5.76. The molecule has 0 spiro atoms. The molecule has 0 bridgehead atoms. The Kier molecular flexibility index (Phi) is 15.8. The fraction of sp³-hybridized carbons (Fsp3) is 0.444. The summed E-state index contributed by atoms with van der Waals surface area (Å²) in [5.41, 5.74) is 4.64. The van der Waals surface area contributed by atoms with E-state index in [1.54, 1.807) is 0 Å². The predicted molar refractivity (Wildman–Crippen MR) is 205 cm³/mol. The number of benzene rings is 4. The molecule has 0 aliphatic carbocycles. The molecule has 266 valence electrons. The number of hydrogen-bond donors (Lipinski definition) is 0. The molecule has 4 aromatic carbocycles. The number of nitrogens with zero attached hydrogens (tertiary/aromatic N) is 2. The van der Waals surface area contributed by atoms with Crippen molar-refractivity contribution in [1.29, 1.82) is 0 Å². The largest absolute Gasteiger partial charge is 0.485 e. The molecule has 5 heteroatoms. The molecule has 1 amide bonds. The summed E-state index contributed by atoms with van der Waals surface area (Å²) in [7, 11) is 0. The van der Waals surface area contributed by atoms with Crippen LogP contribution in [0.3, 0.4) is 0 Å². The van der Waals surface area contributed by atoms with Crippen LogP contribution in [-0.4, -0.2) is 34.8 Å². The zero-order valence-corrected chi connectivity index (χ0v) is 30.3. The van der Waals surface area contributed by atoms with Crippen molar-refractivity contribution in [2.75, 3.05) is 13.1 Å². The number of likely N-dealkylation sites (tertiary alicyclic amines) is 1. The highest BCUT2D eigenvalue weighted by Gasteiger charge is 2.28. The van der Waals surface area contributed by atoms with Crippen LogP contribution in [0.25, 0.3) is 0 Å². The molecule has 0 aromatic heterocycles. The molecule has 1 heterocycles. The van der Waals surface area contributed by atoms with Crippen molar-refractivity contribution in [3.05, 3.63) is 131 Å². The third-order valence-corrected chi connectivity index (χ3v) is 9.90. The molecule has 0 saturated carbocycles. The number of ether oxygens (including phenoxy) is 2. The molecule has 5 rings (SSSR count).